The van der Waals surface area contributed by atoms with E-state index >= 15 is 0 Å². The number of morpholine rings is 1. The molecule has 1 aliphatic carbocycles. The highest BCUT2D eigenvalue weighted by Gasteiger charge is 2.24. The summed E-state index contributed by atoms with van der Waals surface area (Å²) in [5, 5.41) is 0. The third-order valence-electron chi connectivity index (χ3n) is 4.86. The second-order valence-corrected chi connectivity index (χ2v) is 6.46. The van der Waals surface area contributed by atoms with Crippen molar-refractivity contribution in [3.63, 3.8) is 0 Å². The van der Waals surface area contributed by atoms with Crippen LogP contribution in [0.3, 0.4) is 0 Å². The predicted molar refractivity (Wildman–Crippen MR) is 96.2 cm³/mol. The Hall–Kier alpha value is -1.85. The molecule has 1 aliphatic heterocycles. The first-order chi connectivity index (χ1) is 12.3. The summed E-state index contributed by atoms with van der Waals surface area (Å²) in [6.07, 6.45) is 7.52. The number of ether oxygens (including phenoxy) is 3. The Balaban J connectivity index is 1.56. The van der Waals surface area contributed by atoms with Crippen LogP contribution >= 0.6 is 0 Å². The summed E-state index contributed by atoms with van der Waals surface area (Å²) in [5.41, 5.74) is 3.01. The lowest BCUT2D eigenvalue weighted by molar-refractivity contribution is 0.0120. The summed E-state index contributed by atoms with van der Waals surface area (Å²) < 4.78 is 16.9. The Bertz CT molecular complexity index is 608. The van der Waals surface area contributed by atoms with E-state index in [0.29, 0.717) is 17.9 Å². The molecule has 25 heavy (non-hydrogen) atoms. The van der Waals surface area contributed by atoms with Gasteiger partial charge in [-0.25, -0.2) is 0 Å². The van der Waals surface area contributed by atoms with E-state index < -0.39 is 0 Å². The van der Waals surface area contributed by atoms with Crippen molar-refractivity contribution in [2.24, 2.45) is 0 Å². The van der Waals surface area contributed by atoms with E-state index in [0.717, 1.165) is 57.4 Å². The maximum absolute atomic E-state index is 11.1. The van der Waals surface area contributed by atoms with E-state index in [1.54, 1.807) is 7.11 Å². The third kappa shape index (κ3) is 4.61. The molecule has 5 heteroatoms. The average molecular weight is 345 g/mol. The molecule has 1 heterocycles. The molecule has 1 saturated heterocycles. The van der Waals surface area contributed by atoms with Crippen molar-refractivity contribution in [3.8, 4) is 5.75 Å². The number of allylic oxidation sites excluding steroid dienone is 1. The first kappa shape index (κ1) is 18.0. The lowest BCUT2D eigenvalue weighted by Crippen LogP contribution is -2.40. The van der Waals surface area contributed by atoms with Gasteiger partial charge in [-0.3, -0.25) is 4.79 Å². The largest absolute Gasteiger partial charge is 0.496 e. The summed E-state index contributed by atoms with van der Waals surface area (Å²) in [6, 6.07) is 5.72. The molecular weight excluding hydrogens is 318 g/mol. The van der Waals surface area contributed by atoms with Crippen molar-refractivity contribution in [1.82, 2.24) is 4.90 Å². The Morgan fingerprint density at radius 2 is 2.16 bits per heavy atom. The SMILES string of the molecule is COc1ccc(CCOC2CCCC=C2N2CCOCC2)cc1C=O. The lowest BCUT2D eigenvalue weighted by atomic mass is 10.00. The van der Waals surface area contributed by atoms with Gasteiger partial charge < -0.3 is 19.1 Å². The number of benzene rings is 1. The van der Waals surface area contributed by atoms with Gasteiger partial charge in [-0.15, -0.1) is 0 Å². The first-order valence-electron chi connectivity index (χ1n) is 9.08. The monoisotopic (exact) mass is 345 g/mol. The van der Waals surface area contributed by atoms with E-state index in [4.69, 9.17) is 14.2 Å². The molecule has 136 valence electrons. The normalized spacial score (nSPS) is 20.9. The molecule has 1 unspecified atom stereocenters. The van der Waals surface area contributed by atoms with Crippen LogP contribution in [0, 0.1) is 0 Å². The van der Waals surface area contributed by atoms with Crippen molar-refractivity contribution in [1.29, 1.82) is 0 Å². The smallest absolute Gasteiger partial charge is 0.153 e. The average Bonchev–Trinajstić information content (AvgIpc) is 2.69. The fraction of sp³-hybridized carbons (Fsp3) is 0.550. The Morgan fingerprint density at radius 1 is 1.32 bits per heavy atom. The van der Waals surface area contributed by atoms with Gasteiger partial charge in [0.05, 0.1) is 38.6 Å². The molecule has 0 radical (unpaired) electrons. The van der Waals surface area contributed by atoms with Gasteiger partial charge in [0.25, 0.3) is 0 Å². The number of hydrogen-bond acceptors (Lipinski definition) is 5. The summed E-state index contributed by atoms with van der Waals surface area (Å²) in [4.78, 5) is 13.6. The zero-order chi connectivity index (χ0) is 17.5. The molecule has 1 atom stereocenters. The molecule has 0 saturated carbocycles. The number of methoxy groups -OCH3 is 1. The number of carbonyl (C=O) groups excluding carboxylic acids is 1. The van der Waals surface area contributed by atoms with Crippen LogP contribution in [0.1, 0.15) is 35.2 Å². The van der Waals surface area contributed by atoms with Crippen molar-refractivity contribution >= 4 is 6.29 Å². The number of hydrogen-bond donors (Lipinski definition) is 0. The van der Waals surface area contributed by atoms with Crippen LogP contribution in [0.25, 0.3) is 0 Å². The molecule has 2 aliphatic rings. The number of carbonyl (C=O) groups is 1. The van der Waals surface area contributed by atoms with Crippen LogP contribution in [0.15, 0.2) is 30.0 Å². The standard InChI is InChI=1S/C20H27NO4/c1-23-19-7-6-16(14-17(19)15-22)8-11-25-20-5-3-2-4-18(20)21-9-12-24-13-10-21/h4,6-7,14-15,20H,2-3,5,8-13H2,1H3. The topological polar surface area (TPSA) is 48.0 Å². The molecule has 1 aromatic rings. The highest BCUT2D eigenvalue weighted by atomic mass is 16.5. The Labute approximate surface area is 149 Å². The molecule has 1 fully saturated rings. The highest BCUT2D eigenvalue weighted by molar-refractivity contribution is 5.79. The molecule has 0 spiro atoms. The van der Waals surface area contributed by atoms with Crippen LogP contribution in [0.4, 0.5) is 0 Å². The van der Waals surface area contributed by atoms with Crippen LogP contribution in [0.5, 0.6) is 5.75 Å². The molecule has 1 aromatic carbocycles. The van der Waals surface area contributed by atoms with Crippen LogP contribution in [-0.2, 0) is 15.9 Å². The maximum Gasteiger partial charge on any atom is 0.153 e. The molecule has 0 N–H and O–H groups in total. The quantitative estimate of drug-likeness (QED) is 0.711. The highest BCUT2D eigenvalue weighted by Crippen LogP contribution is 2.25. The maximum atomic E-state index is 11.1. The minimum absolute atomic E-state index is 0.177. The molecular formula is C20H27NO4. The fourth-order valence-corrected chi connectivity index (χ4v) is 3.51. The molecule has 0 amide bonds. The second-order valence-electron chi connectivity index (χ2n) is 6.46. The minimum Gasteiger partial charge on any atom is -0.496 e. The minimum atomic E-state index is 0.177. The van der Waals surface area contributed by atoms with Crippen molar-refractivity contribution < 1.29 is 19.0 Å². The molecule has 5 nitrogen and oxygen atoms in total. The summed E-state index contributed by atoms with van der Waals surface area (Å²) in [7, 11) is 1.58. The summed E-state index contributed by atoms with van der Waals surface area (Å²) >= 11 is 0. The summed E-state index contributed by atoms with van der Waals surface area (Å²) in [5.74, 6) is 0.615. The van der Waals surface area contributed by atoms with E-state index in [2.05, 4.69) is 11.0 Å². The molecule has 3 rings (SSSR count). The summed E-state index contributed by atoms with van der Waals surface area (Å²) in [6.45, 7) is 4.14. The third-order valence-corrected chi connectivity index (χ3v) is 4.86. The van der Waals surface area contributed by atoms with Gasteiger partial charge in [0.2, 0.25) is 0 Å². The van der Waals surface area contributed by atoms with Crippen LogP contribution < -0.4 is 4.74 Å². The Kier molecular flexibility index (Phi) is 6.48. The van der Waals surface area contributed by atoms with E-state index in [1.165, 1.54) is 12.1 Å². The van der Waals surface area contributed by atoms with Gasteiger partial charge in [0.15, 0.2) is 6.29 Å². The number of rotatable bonds is 7. The van der Waals surface area contributed by atoms with Gasteiger partial charge in [-0.2, -0.15) is 0 Å². The van der Waals surface area contributed by atoms with Crippen molar-refractivity contribution in [2.75, 3.05) is 40.0 Å². The number of nitrogens with zero attached hydrogens (tertiary/aromatic N) is 1. The molecule has 0 aromatic heterocycles. The zero-order valence-electron chi connectivity index (χ0n) is 14.9. The van der Waals surface area contributed by atoms with Gasteiger partial charge >= 0.3 is 0 Å². The van der Waals surface area contributed by atoms with Gasteiger partial charge in [-0.05, 0) is 43.4 Å². The predicted octanol–water partition coefficient (Wildman–Crippen LogP) is 2.84. The van der Waals surface area contributed by atoms with Crippen molar-refractivity contribution in [3.05, 3.63) is 41.1 Å². The van der Waals surface area contributed by atoms with E-state index in [9.17, 15) is 4.79 Å². The fourth-order valence-electron chi connectivity index (χ4n) is 3.51. The van der Waals surface area contributed by atoms with Gasteiger partial charge in [0.1, 0.15) is 5.75 Å². The first-order valence-corrected chi connectivity index (χ1v) is 9.08. The van der Waals surface area contributed by atoms with E-state index in [1.807, 2.05) is 18.2 Å². The van der Waals surface area contributed by atoms with Gasteiger partial charge in [-0.1, -0.05) is 12.1 Å². The van der Waals surface area contributed by atoms with E-state index in [-0.39, 0.29) is 6.10 Å². The van der Waals surface area contributed by atoms with Gasteiger partial charge in [0, 0.05) is 18.8 Å². The lowest BCUT2D eigenvalue weighted by Gasteiger charge is -2.37. The van der Waals surface area contributed by atoms with Crippen LogP contribution in [-0.4, -0.2) is 57.3 Å². The van der Waals surface area contributed by atoms with Crippen LogP contribution in [0.2, 0.25) is 0 Å². The molecule has 0 bridgehead atoms. The Morgan fingerprint density at radius 3 is 2.92 bits per heavy atom. The second kappa shape index (κ2) is 9.02. The number of aldehydes is 1. The zero-order valence-corrected chi connectivity index (χ0v) is 14.9. The van der Waals surface area contributed by atoms with Crippen molar-refractivity contribution in [2.45, 2.75) is 31.8 Å².